The second kappa shape index (κ2) is 4.70. The highest BCUT2D eigenvalue weighted by Gasteiger charge is 2.39. The average Bonchev–Trinajstić information content (AvgIpc) is 2.42. The van der Waals surface area contributed by atoms with Crippen molar-refractivity contribution in [2.24, 2.45) is 5.92 Å². The molecule has 0 N–H and O–H groups in total. The van der Waals surface area contributed by atoms with Gasteiger partial charge in [0.1, 0.15) is 0 Å². The summed E-state index contributed by atoms with van der Waals surface area (Å²) in [7, 11) is 2.20. The lowest BCUT2D eigenvalue weighted by atomic mass is 9.67. The molecule has 2 aliphatic rings. The molecule has 1 heterocycles. The predicted octanol–water partition coefficient (Wildman–Crippen LogP) is 3.54. The Kier molecular flexibility index (Phi) is 3.24. The van der Waals surface area contributed by atoms with Crippen LogP contribution in [0.1, 0.15) is 56.9 Å². The van der Waals surface area contributed by atoms with Crippen LogP contribution in [0, 0.1) is 33.6 Å². The SMILES string of the molecule is Cc1c(C)c(C)c2c(c1C)C(=O)CC1CCN(C)CC21. The Hall–Kier alpha value is -1.15. The molecule has 1 saturated heterocycles. The highest BCUT2D eigenvalue weighted by atomic mass is 16.1. The zero-order valence-electron chi connectivity index (χ0n) is 13.3. The van der Waals surface area contributed by atoms with Gasteiger partial charge in [0.05, 0.1) is 0 Å². The summed E-state index contributed by atoms with van der Waals surface area (Å²) in [4.78, 5) is 15.1. The van der Waals surface area contributed by atoms with E-state index in [1.807, 2.05) is 0 Å². The van der Waals surface area contributed by atoms with Gasteiger partial charge in [-0.15, -0.1) is 0 Å². The van der Waals surface area contributed by atoms with E-state index < -0.39 is 0 Å². The van der Waals surface area contributed by atoms with Gasteiger partial charge >= 0.3 is 0 Å². The Morgan fingerprint density at radius 1 is 1.00 bits per heavy atom. The number of Topliss-reactive ketones (excluding diaryl/α,β-unsaturated/α-hetero) is 1. The Bertz CT molecular complexity index is 588. The first-order valence-electron chi connectivity index (χ1n) is 7.73. The van der Waals surface area contributed by atoms with E-state index in [4.69, 9.17) is 0 Å². The predicted molar refractivity (Wildman–Crippen MR) is 82.7 cm³/mol. The molecule has 1 aliphatic carbocycles. The van der Waals surface area contributed by atoms with Gasteiger partial charge in [-0.2, -0.15) is 0 Å². The minimum absolute atomic E-state index is 0.384. The van der Waals surface area contributed by atoms with Crippen LogP contribution in [0.2, 0.25) is 0 Å². The largest absolute Gasteiger partial charge is 0.306 e. The Labute approximate surface area is 122 Å². The molecular weight excluding hydrogens is 246 g/mol. The number of rotatable bonds is 0. The molecule has 108 valence electrons. The van der Waals surface area contributed by atoms with Crippen LogP contribution in [0.25, 0.3) is 0 Å². The molecule has 2 unspecified atom stereocenters. The summed E-state index contributed by atoms with van der Waals surface area (Å²) in [5.41, 5.74) is 7.70. The van der Waals surface area contributed by atoms with Crippen molar-refractivity contribution in [3.8, 4) is 0 Å². The minimum atomic E-state index is 0.384. The Morgan fingerprint density at radius 2 is 1.65 bits per heavy atom. The van der Waals surface area contributed by atoms with Gasteiger partial charge in [-0.25, -0.2) is 0 Å². The standard InChI is InChI=1S/C18H25NO/c1-10-11(2)13(4)18-16(20)8-14-6-7-19(5)9-15(14)17(18)12(10)3/h14-15H,6-9H2,1-5H3. The number of fused-ring (bicyclic) bond motifs is 3. The van der Waals surface area contributed by atoms with E-state index >= 15 is 0 Å². The number of ketones is 1. The molecule has 2 atom stereocenters. The van der Waals surface area contributed by atoms with Crippen LogP contribution in [0.15, 0.2) is 0 Å². The van der Waals surface area contributed by atoms with Gasteiger partial charge in [0.15, 0.2) is 5.78 Å². The molecule has 1 aromatic carbocycles. The number of likely N-dealkylation sites (N-methyl/N-ethyl adjacent to an activating group) is 1. The zero-order chi connectivity index (χ0) is 14.6. The fraction of sp³-hybridized carbons (Fsp3) is 0.611. The fourth-order valence-corrected chi connectivity index (χ4v) is 4.24. The molecule has 1 aliphatic heterocycles. The lowest BCUT2D eigenvalue weighted by Crippen LogP contribution is -2.41. The van der Waals surface area contributed by atoms with Gasteiger partial charge in [0.25, 0.3) is 0 Å². The molecule has 1 fully saturated rings. The molecule has 3 rings (SSSR count). The van der Waals surface area contributed by atoms with Crippen LogP contribution in [0.3, 0.4) is 0 Å². The van der Waals surface area contributed by atoms with Crippen molar-refractivity contribution in [3.05, 3.63) is 33.4 Å². The lowest BCUT2D eigenvalue weighted by molar-refractivity contribution is 0.0885. The van der Waals surface area contributed by atoms with Gasteiger partial charge < -0.3 is 4.90 Å². The molecule has 1 aromatic rings. The summed E-state index contributed by atoms with van der Waals surface area (Å²) in [6, 6.07) is 0. The van der Waals surface area contributed by atoms with Gasteiger partial charge in [-0.1, -0.05) is 0 Å². The third kappa shape index (κ3) is 1.85. The summed E-state index contributed by atoms with van der Waals surface area (Å²) in [5.74, 6) is 1.50. The first-order valence-corrected chi connectivity index (χ1v) is 7.73. The number of nitrogens with zero attached hydrogens (tertiary/aromatic N) is 1. The smallest absolute Gasteiger partial charge is 0.163 e. The normalized spacial score (nSPS) is 26.4. The quantitative estimate of drug-likeness (QED) is 0.719. The summed E-state index contributed by atoms with van der Waals surface area (Å²) in [6.07, 6.45) is 1.92. The number of benzene rings is 1. The van der Waals surface area contributed by atoms with Crippen molar-refractivity contribution >= 4 is 5.78 Å². The molecule has 0 amide bonds. The van der Waals surface area contributed by atoms with Crippen LogP contribution < -0.4 is 0 Å². The zero-order valence-corrected chi connectivity index (χ0v) is 13.3. The molecule has 0 aromatic heterocycles. The van der Waals surface area contributed by atoms with E-state index in [9.17, 15) is 4.79 Å². The maximum atomic E-state index is 12.6. The highest BCUT2D eigenvalue weighted by molar-refractivity contribution is 6.01. The molecule has 0 radical (unpaired) electrons. The van der Waals surface area contributed by atoms with Crippen LogP contribution in [0.5, 0.6) is 0 Å². The van der Waals surface area contributed by atoms with Crippen molar-refractivity contribution in [2.45, 2.75) is 46.5 Å². The second-order valence-corrected chi connectivity index (χ2v) is 6.83. The van der Waals surface area contributed by atoms with E-state index in [-0.39, 0.29) is 0 Å². The minimum Gasteiger partial charge on any atom is -0.306 e. The van der Waals surface area contributed by atoms with Crippen LogP contribution in [-0.4, -0.2) is 30.8 Å². The van der Waals surface area contributed by atoms with Gasteiger partial charge in [-0.3, -0.25) is 4.79 Å². The number of likely N-dealkylation sites (tertiary alicyclic amines) is 1. The van der Waals surface area contributed by atoms with Crippen molar-refractivity contribution in [1.29, 1.82) is 0 Å². The van der Waals surface area contributed by atoms with E-state index in [0.29, 0.717) is 17.6 Å². The summed E-state index contributed by atoms with van der Waals surface area (Å²) in [5, 5.41) is 0. The van der Waals surface area contributed by atoms with E-state index in [2.05, 4.69) is 39.6 Å². The Balaban J connectivity index is 2.24. The molecule has 2 nitrogen and oxygen atoms in total. The van der Waals surface area contributed by atoms with Crippen LogP contribution in [-0.2, 0) is 0 Å². The monoisotopic (exact) mass is 271 g/mol. The lowest BCUT2D eigenvalue weighted by Gasteiger charge is -2.42. The van der Waals surface area contributed by atoms with Crippen molar-refractivity contribution in [3.63, 3.8) is 0 Å². The first kappa shape index (κ1) is 13.8. The van der Waals surface area contributed by atoms with Crippen molar-refractivity contribution in [2.75, 3.05) is 20.1 Å². The summed E-state index contributed by atoms with van der Waals surface area (Å²) < 4.78 is 0. The van der Waals surface area contributed by atoms with Crippen molar-refractivity contribution in [1.82, 2.24) is 4.90 Å². The van der Waals surface area contributed by atoms with Gasteiger partial charge in [0, 0.05) is 24.4 Å². The summed E-state index contributed by atoms with van der Waals surface area (Å²) in [6.45, 7) is 10.9. The highest BCUT2D eigenvalue weighted by Crippen LogP contribution is 2.44. The maximum absolute atomic E-state index is 12.6. The van der Waals surface area contributed by atoms with E-state index in [1.54, 1.807) is 0 Å². The Morgan fingerprint density at radius 3 is 2.35 bits per heavy atom. The molecular formula is C18H25NO. The van der Waals surface area contributed by atoms with E-state index in [1.165, 1.54) is 27.8 Å². The number of hydrogen-bond acceptors (Lipinski definition) is 2. The third-order valence-electron chi connectivity index (χ3n) is 5.79. The van der Waals surface area contributed by atoms with Crippen LogP contribution >= 0.6 is 0 Å². The number of piperidine rings is 1. The molecule has 20 heavy (non-hydrogen) atoms. The van der Waals surface area contributed by atoms with Crippen molar-refractivity contribution < 1.29 is 4.79 Å². The number of hydrogen-bond donors (Lipinski definition) is 0. The first-order chi connectivity index (χ1) is 9.41. The van der Waals surface area contributed by atoms with Crippen LogP contribution in [0.4, 0.5) is 0 Å². The average molecular weight is 271 g/mol. The number of carbonyl (C=O) groups excluding carboxylic acids is 1. The second-order valence-electron chi connectivity index (χ2n) is 6.83. The third-order valence-corrected chi connectivity index (χ3v) is 5.79. The molecule has 0 spiro atoms. The fourth-order valence-electron chi connectivity index (χ4n) is 4.24. The maximum Gasteiger partial charge on any atom is 0.163 e. The van der Waals surface area contributed by atoms with Gasteiger partial charge in [-0.05, 0) is 81.4 Å². The molecule has 0 saturated carbocycles. The molecule has 2 heteroatoms. The molecule has 0 bridgehead atoms. The number of carbonyl (C=O) groups is 1. The summed E-state index contributed by atoms with van der Waals surface area (Å²) >= 11 is 0. The topological polar surface area (TPSA) is 20.3 Å². The van der Waals surface area contributed by atoms with E-state index in [0.717, 1.165) is 31.5 Å². The van der Waals surface area contributed by atoms with Gasteiger partial charge in [0.2, 0.25) is 0 Å².